The predicted octanol–water partition coefficient (Wildman–Crippen LogP) is 2.64. The summed E-state index contributed by atoms with van der Waals surface area (Å²) in [5.74, 6) is -1.75. The van der Waals surface area contributed by atoms with E-state index in [0.717, 1.165) is 12.8 Å². The van der Waals surface area contributed by atoms with Crippen LogP contribution < -0.4 is 4.72 Å². The number of hydrogen-bond donors (Lipinski definition) is 2. The van der Waals surface area contributed by atoms with Gasteiger partial charge in [0.15, 0.2) is 5.92 Å². The second-order valence-electron chi connectivity index (χ2n) is 5.65. The van der Waals surface area contributed by atoms with Crippen molar-refractivity contribution in [1.29, 1.82) is 0 Å². The molecule has 1 aromatic rings. The number of carbonyl (C=O) groups is 2. The Morgan fingerprint density at radius 1 is 1.27 bits per heavy atom. The number of amides is 1. The van der Waals surface area contributed by atoms with Crippen molar-refractivity contribution in [2.24, 2.45) is 5.92 Å². The lowest BCUT2D eigenvalue weighted by atomic mass is 10.0. The molecule has 0 spiro atoms. The van der Waals surface area contributed by atoms with E-state index >= 15 is 0 Å². The Morgan fingerprint density at radius 2 is 2.00 bits per heavy atom. The van der Waals surface area contributed by atoms with Crippen LogP contribution in [0, 0.1) is 5.92 Å². The molecule has 0 radical (unpaired) electrons. The van der Waals surface area contributed by atoms with Gasteiger partial charge in [0.1, 0.15) is 0 Å². The van der Waals surface area contributed by atoms with E-state index in [1.807, 2.05) is 0 Å². The lowest BCUT2D eigenvalue weighted by molar-refractivity contribution is -0.149. The molecule has 120 valence electrons. The summed E-state index contributed by atoms with van der Waals surface area (Å²) >= 11 is 3.75. The zero-order chi connectivity index (χ0) is 15.8. The minimum atomic E-state index is -1.07. The molecular formula is C16H22N2O3S. The normalized spacial score (nSPS) is 17.3. The molecule has 1 aromatic heterocycles. The quantitative estimate of drug-likeness (QED) is 0.378. The fourth-order valence-corrected chi connectivity index (χ4v) is 2.92. The van der Waals surface area contributed by atoms with E-state index in [2.05, 4.69) is 22.5 Å². The third-order valence-electron chi connectivity index (χ3n) is 4.03. The number of nitrogens with zero attached hydrogens (tertiary/aromatic N) is 1. The van der Waals surface area contributed by atoms with Crippen molar-refractivity contribution in [1.82, 2.24) is 9.71 Å². The fourth-order valence-electron chi connectivity index (χ4n) is 2.79. The maximum atomic E-state index is 12.3. The Morgan fingerprint density at radius 3 is 2.59 bits per heavy atom. The van der Waals surface area contributed by atoms with E-state index in [-0.39, 0.29) is 0 Å². The summed E-state index contributed by atoms with van der Waals surface area (Å²) in [6.07, 6.45) is 8.59. The summed E-state index contributed by atoms with van der Waals surface area (Å²) < 4.78 is 7.61. The van der Waals surface area contributed by atoms with Gasteiger partial charge in [-0.1, -0.05) is 44.6 Å². The molecule has 0 bridgehead atoms. The number of esters is 1. The highest BCUT2D eigenvalue weighted by atomic mass is 32.1. The van der Waals surface area contributed by atoms with Crippen LogP contribution in [0.5, 0.6) is 0 Å². The minimum absolute atomic E-state index is 0.375. The molecular weight excluding hydrogens is 300 g/mol. The first-order chi connectivity index (χ1) is 10.7. The Hall–Kier alpha value is -1.56. The van der Waals surface area contributed by atoms with Gasteiger partial charge < -0.3 is 9.46 Å². The molecule has 1 unspecified atom stereocenters. The molecule has 0 aromatic carbocycles. The van der Waals surface area contributed by atoms with Crippen LogP contribution in [0.25, 0.3) is 0 Å². The largest absolute Gasteiger partial charge is 0.465 e. The molecule has 1 heterocycles. The van der Waals surface area contributed by atoms with Crippen molar-refractivity contribution >= 4 is 24.7 Å². The summed E-state index contributed by atoms with van der Waals surface area (Å²) in [5.41, 5.74) is 0.375. The van der Waals surface area contributed by atoms with E-state index in [1.165, 1.54) is 25.7 Å². The maximum absolute atomic E-state index is 12.3. The van der Waals surface area contributed by atoms with Crippen LogP contribution >= 0.6 is 12.8 Å². The second-order valence-corrected chi connectivity index (χ2v) is 5.87. The van der Waals surface area contributed by atoms with Gasteiger partial charge in [0.05, 0.1) is 12.3 Å². The third-order valence-corrected chi connectivity index (χ3v) is 4.25. The number of carbonyl (C=O) groups excluding carboxylic acids is 2. The minimum Gasteiger partial charge on any atom is -0.465 e. The molecule has 1 N–H and O–H groups in total. The monoisotopic (exact) mass is 322 g/mol. The maximum Gasteiger partial charge on any atom is 0.324 e. The van der Waals surface area contributed by atoms with Gasteiger partial charge in [0, 0.05) is 6.20 Å². The average molecular weight is 322 g/mol. The van der Waals surface area contributed by atoms with Gasteiger partial charge in [-0.15, -0.1) is 0 Å². The lowest BCUT2D eigenvalue weighted by Crippen LogP contribution is -2.31. The summed E-state index contributed by atoms with van der Waals surface area (Å²) in [6.45, 7) is 0.377. The molecule has 1 amide bonds. The van der Waals surface area contributed by atoms with Gasteiger partial charge in [-0.25, -0.2) is 0 Å². The van der Waals surface area contributed by atoms with Crippen molar-refractivity contribution in [3.63, 3.8) is 0 Å². The van der Waals surface area contributed by atoms with Gasteiger partial charge in [-0.3, -0.25) is 14.6 Å². The highest BCUT2D eigenvalue weighted by Gasteiger charge is 2.31. The van der Waals surface area contributed by atoms with Gasteiger partial charge in [0.2, 0.25) is 5.91 Å². The van der Waals surface area contributed by atoms with Crippen LogP contribution in [0.2, 0.25) is 0 Å². The highest BCUT2D eigenvalue weighted by molar-refractivity contribution is 7.78. The standard InChI is InChI=1S/C16H22N2O3S/c19-15(18-22)14(13-9-5-6-10-17-13)16(20)21-11-12-7-3-1-2-4-8-12/h5-6,9-10,12,14,22H,1-4,7-8,11H2,(H,18,19). The van der Waals surface area contributed by atoms with Gasteiger partial charge in [0.25, 0.3) is 0 Å². The number of thiol groups is 1. The summed E-state index contributed by atoms with van der Waals surface area (Å²) in [6, 6.07) is 5.11. The van der Waals surface area contributed by atoms with Crippen LogP contribution in [0.1, 0.15) is 50.1 Å². The first kappa shape index (κ1) is 16.8. The number of aromatic nitrogens is 1. The lowest BCUT2D eigenvalue weighted by Gasteiger charge is -2.17. The number of nitrogens with one attached hydrogen (secondary N) is 1. The molecule has 1 aliphatic rings. The Kier molecular flexibility index (Phi) is 6.71. The molecule has 0 aliphatic heterocycles. The van der Waals surface area contributed by atoms with E-state index in [9.17, 15) is 9.59 Å². The van der Waals surface area contributed by atoms with Crippen molar-refractivity contribution in [2.75, 3.05) is 6.61 Å². The number of hydrogen-bond acceptors (Lipinski definition) is 5. The van der Waals surface area contributed by atoms with Gasteiger partial charge >= 0.3 is 5.97 Å². The second kappa shape index (κ2) is 8.78. The fraction of sp³-hybridized carbons (Fsp3) is 0.562. The van der Waals surface area contributed by atoms with E-state index in [4.69, 9.17) is 4.74 Å². The van der Waals surface area contributed by atoms with Crippen LogP contribution in [0.3, 0.4) is 0 Å². The van der Waals surface area contributed by atoms with E-state index in [1.54, 1.807) is 24.4 Å². The van der Waals surface area contributed by atoms with Crippen LogP contribution in [0.4, 0.5) is 0 Å². The summed E-state index contributed by atoms with van der Waals surface area (Å²) in [7, 11) is 0. The third kappa shape index (κ3) is 4.73. The Bertz CT molecular complexity index is 487. The zero-order valence-corrected chi connectivity index (χ0v) is 13.4. The zero-order valence-electron chi connectivity index (χ0n) is 12.5. The first-order valence-corrected chi connectivity index (χ1v) is 8.18. The molecule has 1 aliphatic carbocycles. The molecule has 1 atom stereocenters. The van der Waals surface area contributed by atoms with Gasteiger partial charge in [-0.2, -0.15) is 0 Å². The van der Waals surface area contributed by atoms with Crippen molar-refractivity contribution in [2.45, 2.75) is 44.4 Å². The van der Waals surface area contributed by atoms with Crippen LogP contribution in [-0.4, -0.2) is 23.5 Å². The smallest absolute Gasteiger partial charge is 0.324 e. The van der Waals surface area contributed by atoms with Crippen LogP contribution in [-0.2, 0) is 14.3 Å². The molecule has 5 nitrogen and oxygen atoms in total. The van der Waals surface area contributed by atoms with Crippen molar-refractivity contribution < 1.29 is 14.3 Å². The molecule has 6 heteroatoms. The summed E-state index contributed by atoms with van der Waals surface area (Å²) in [5, 5.41) is 0. The molecule has 1 fully saturated rings. The molecule has 22 heavy (non-hydrogen) atoms. The SMILES string of the molecule is O=C(NS)C(C(=O)OCC1CCCCCC1)c1ccccn1. The topological polar surface area (TPSA) is 68.3 Å². The highest BCUT2D eigenvalue weighted by Crippen LogP contribution is 2.24. The summed E-state index contributed by atoms with van der Waals surface area (Å²) in [4.78, 5) is 28.3. The molecule has 1 saturated carbocycles. The van der Waals surface area contributed by atoms with E-state index < -0.39 is 17.8 Å². The number of rotatable bonds is 5. The number of ether oxygens (including phenoxy) is 1. The van der Waals surface area contributed by atoms with Crippen molar-refractivity contribution in [3.8, 4) is 0 Å². The number of pyridine rings is 1. The Balaban J connectivity index is 1.98. The first-order valence-electron chi connectivity index (χ1n) is 7.74. The van der Waals surface area contributed by atoms with Crippen LogP contribution in [0.15, 0.2) is 24.4 Å². The average Bonchev–Trinajstić information content (AvgIpc) is 2.82. The van der Waals surface area contributed by atoms with Crippen molar-refractivity contribution in [3.05, 3.63) is 30.1 Å². The predicted molar refractivity (Wildman–Crippen MR) is 86.3 cm³/mol. The Labute approximate surface area is 136 Å². The van der Waals surface area contributed by atoms with Gasteiger partial charge in [-0.05, 0) is 30.9 Å². The molecule has 2 rings (SSSR count). The molecule has 0 saturated heterocycles. The van der Waals surface area contributed by atoms with E-state index in [0.29, 0.717) is 18.2 Å².